The summed E-state index contributed by atoms with van der Waals surface area (Å²) in [5.41, 5.74) is 5.42. The third-order valence-corrected chi connectivity index (χ3v) is 14.1. The van der Waals surface area contributed by atoms with Gasteiger partial charge in [-0.3, -0.25) is 9.36 Å². The van der Waals surface area contributed by atoms with Crippen molar-refractivity contribution in [1.29, 1.82) is 0 Å². The smallest absolute Gasteiger partial charge is 0.464 e. The monoisotopic (exact) mass is 729 g/mol. The molecular weight excluding hydrogens is 681 g/mol. The number of amides is 1. The van der Waals surface area contributed by atoms with Crippen LogP contribution >= 0.6 is 11.3 Å². The number of nitrogens with one attached hydrogen (secondary N) is 2. The predicted octanol–water partition coefficient (Wildman–Crippen LogP) is 7.78. The van der Waals surface area contributed by atoms with Crippen LogP contribution in [0.25, 0.3) is 33.4 Å². The van der Waals surface area contributed by atoms with Gasteiger partial charge in [0.2, 0.25) is 12.1 Å². The summed E-state index contributed by atoms with van der Waals surface area (Å²) in [7, 11) is 1.45. The molecule has 3 aliphatic heterocycles. The number of likely N-dealkylation sites (tertiary alicyclic amines) is 1. The number of thiophene rings is 1. The quantitative estimate of drug-likeness (QED) is 0.159. The standard InChI is InChI=1S/C42H48BN5O4S/c1-22(2)37(44-7)39(49)47-31-17-26(31)19-33(47)38-45-21-29(46-38)24-10-12-28-32-18-25-16-27(43-51-41(3,4)42(5,6)52-43)11-13-30(25)48(32)40(50-34(28)20-24)36-15-14-35(53-36)23-8-9-23/h10-16,18,20-23,26,31,33,37,40,44H,8-9,17,19H2,1-7H3,(H,45,46)/t26?,31?,33-,37-,40?/m0/s1. The highest BCUT2D eigenvalue weighted by Crippen LogP contribution is 2.54. The van der Waals surface area contributed by atoms with E-state index in [-0.39, 0.29) is 30.1 Å². The second-order valence-corrected chi connectivity index (χ2v) is 18.4. The highest BCUT2D eigenvalue weighted by atomic mass is 32.1. The normalized spacial score (nSPS) is 25.7. The fraction of sp³-hybridized carbons (Fsp3) is 0.476. The van der Waals surface area contributed by atoms with Gasteiger partial charge in [-0.15, -0.1) is 11.3 Å². The number of carbonyl (C=O) groups is 1. The van der Waals surface area contributed by atoms with E-state index in [2.05, 4.69) is 116 Å². The first-order chi connectivity index (χ1) is 25.4. The Balaban J connectivity index is 1.01. The summed E-state index contributed by atoms with van der Waals surface area (Å²) < 4.78 is 22.3. The van der Waals surface area contributed by atoms with Crippen molar-refractivity contribution in [2.75, 3.05) is 7.05 Å². The van der Waals surface area contributed by atoms with Gasteiger partial charge in [-0.2, -0.15) is 0 Å². The number of piperidine rings is 1. The van der Waals surface area contributed by atoms with Crippen LogP contribution in [0.5, 0.6) is 5.75 Å². The summed E-state index contributed by atoms with van der Waals surface area (Å²) >= 11 is 1.87. The van der Waals surface area contributed by atoms with Crippen molar-refractivity contribution < 1.29 is 18.8 Å². The van der Waals surface area contributed by atoms with Gasteiger partial charge in [-0.1, -0.05) is 32.0 Å². The summed E-state index contributed by atoms with van der Waals surface area (Å²) in [6.07, 6.45) is 6.20. The van der Waals surface area contributed by atoms with Gasteiger partial charge in [0.15, 0.2) is 0 Å². The number of benzene rings is 2. The Kier molecular flexibility index (Phi) is 7.49. The molecule has 2 saturated carbocycles. The molecule has 3 unspecified atom stereocenters. The SMILES string of the molecule is CN[C@H](C(=O)N1C2CC2C[C@H]1c1ncc(-c2ccc3c(c2)OC(c2ccc(C4CC4)s2)n2c-3cc3cc(B4OC(C)(C)C(C)(C)O4)ccc32)[nH]1)C(C)C. The Labute approximate surface area is 315 Å². The minimum atomic E-state index is -0.430. The summed E-state index contributed by atoms with van der Waals surface area (Å²) in [6, 6.07) is 19.9. The molecule has 5 aliphatic rings. The van der Waals surface area contributed by atoms with E-state index in [4.69, 9.17) is 19.0 Å². The Morgan fingerprint density at radius 3 is 2.51 bits per heavy atom. The molecule has 6 heterocycles. The summed E-state index contributed by atoms with van der Waals surface area (Å²) in [5.74, 6) is 3.34. The van der Waals surface area contributed by atoms with Crippen LogP contribution in [0.15, 0.2) is 60.8 Å². The van der Waals surface area contributed by atoms with E-state index in [1.165, 1.54) is 22.6 Å². The molecule has 53 heavy (non-hydrogen) atoms. The number of ether oxygens (including phenoxy) is 1. The van der Waals surface area contributed by atoms with Crippen LogP contribution in [0.2, 0.25) is 0 Å². The lowest BCUT2D eigenvalue weighted by Crippen LogP contribution is -2.49. The zero-order chi connectivity index (χ0) is 36.6. The molecule has 2 saturated heterocycles. The third kappa shape index (κ3) is 5.36. The molecule has 11 heteroatoms. The van der Waals surface area contributed by atoms with Gasteiger partial charge in [0.05, 0.1) is 51.3 Å². The molecule has 5 aromatic rings. The van der Waals surface area contributed by atoms with E-state index in [0.29, 0.717) is 17.9 Å². The maximum atomic E-state index is 13.8. The molecule has 2 aliphatic carbocycles. The summed E-state index contributed by atoms with van der Waals surface area (Å²) in [4.78, 5) is 27.0. The van der Waals surface area contributed by atoms with Crippen LogP contribution in [-0.2, 0) is 14.1 Å². The lowest BCUT2D eigenvalue weighted by atomic mass is 9.78. The molecule has 9 nitrogen and oxygen atoms in total. The average Bonchev–Trinajstić information content (AvgIpc) is 3.79. The lowest BCUT2D eigenvalue weighted by Gasteiger charge is -2.32. The minimum Gasteiger partial charge on any atom is -0.464 e. The van der Waals surface area contributed by atoms with E-state index in [1.807, 2.05) is 24.6 Å². The number of nitrogens with zero attached hydrogens (tertiary/aromatic N) is 3. The zero-order valence-electron chi connectivity index (χ0n) is 31.6. The second-order valence-electron chi connectivity index (χ2n) is 17.3. The fourth-order valence-corrected chi connectivity index (χ4v) is 10.1. The zero-order valence-corrected chi connectivity index (χ0v) is 32.4. The fourth-order valence-electron chi connectivity index (χ4n) is 8.86. The van der Waals surface area contributed by atoms with E-state index in [0.717, 1.165) is 63.3 Å². The molecule has 1 amide bonds. The molecule has 5 atom stereocenters. The maximum absolute atomic E-state index is 13.8. The molecule has 0 bridgehead atoms. The Morgan fingerprint density at radius 1 is 1.00 bits per heavy atom. The summed E-state index contributed by atoms with van der Waals surface area (Å²) in [5, 5.41) is 4.39. The van der Waals surface area contributed by atoms with E-state index in [9.17, 15) is 4.79 Å². The van der Waals surface area contributed by atoms with Gasteiger partial charge in [0.1, 0.15) is 11.6 Å². The van der Waals surface area contributed by atoms with Crippen LogP contribution in [0.1, 0.15) is 101 Å². The van der Waals surface area contributed by atoms with Crippen molar-refractivity contribution in [3.05, 3.63) is 76.4 Å². The number of fused-ring (bicyclic) bond motifs is 6. The van der Waals surface area contributed by atoms with Gasteiger partial charge in [0.25, 0.3) is 0 Å². The number of carbonyl (C=O) groups excluding carboxylic acids is 1. The van der Waals surface area contributed by atoms with Crippen molar-refractivity contribution in [2.24, 2.45) is 11.8 Å². The van der Waals surface area contributed by atoms with Crippen LogP contribution < -0.4 is 15.5 Å². The molecule has 3 aromatic heterocycles. The Hall–Kier alpha value is -3.90. The van der Waals surface area contributed by atoms with Crippen molar-refractivity contribution in [2.45, 2.75) is 109 Å². The Bertz CT molecular complexity index is 2250. The largest absolute Gasteiger partial charge is 0.494 e. The molecule has 10 rings (SSSR count). The highest BCUT2D eigenvalue weighted by molar-refractivity contribution is 7.12. The van der Waals surface area contributed by atoms with Crippen LogP contribution in [0.3, 0.4) is 0 Å². The number of likely N-dealkylation sites (N-methyl/N-ethyl adjacent to an activating group) is 1. The number of hydrogen-bond acceptors (Lipinski definition) is 7. The third-order valence-electron chi connectivity index (χ3n) is 12.8. The topological polar surface area (TPSA) is 93.6 Å². The molecule has 2 aromatic carbocycles. The number of hydrogen-bond donors (Lipinski definition) is 2. The molecular formula is C42H48BN5O4S. The molecule has 2 N–H and O–H groups in total. The van der Waals surface area contributed by atoms with Gasteiger partial charge in [0, 0.05) is 27.4 Å². The van der Waals surface area contributed by atoms with E-state index >= 15 is 0 Å². The molecule has 0 radical (unpaired) electrons. The van der Waals surface area contributed by atoms with Gasteiger partial charge in [-0.25, -0.2) is 4.98 Å². The van der Waals surface area contributed by atoms with Crippen molar-refractivity contribution in [1.82, 2.24) is 24.8 Å². The van der Waals surface area contributed by atoms with E-state index < -0.39 is 18.3 Å². The summed E-state index contributed by atoms with van der Waals surface area (Å²) in [6.45, 7) is 12.6. The first-order valence-corrected chi connectivity index (χ1v) is 20.2. The highest BCUT2D eigenvalue weighted by Gasteiger charge is 2.56. The van der Waals surface area contributed by atoms with Crippen molar-refractivity contribution in [3.8, 4) is 28.3 Å². The van der Waals surface area contributed by atoms with Gasteiger partial charge >= 0.3 is 7.12 Å². The molecule has 0 spiro atoms. The number of H-pyrrole nitrogens is 1. The van der Waals surface area contributed by atoms with Crippen LogP contribution in [-0.4, -0.2) is 62.8 Å². The maximum Gasteiger partial charge on any atom is 0.494 e. The number of aromatic amines is 1. The van der Waals surface area contributed by atoms with Crippen molar-refractivity contribution >= 4 is 40.7 Å². The first kappa shape index (κ1) is 33.7. The van der Waals surface area contributed by atoms with Crippen LogP contribution in [0.4, 0.5) is 0 Å². The van der Waals surface area contributed by atoms with Crippen LogP contribution in [0, 0.1) is 11.8 Å². The predicted molar refractivity (Wildman–Crippen MR) is 210 cm³/mol. The van der Waals surface area contributed by atoms with Crippen molar-refractivity contribution in [3.63, 3.8) is 0 Å². The van der Waals surface area contributed by atoms with Gasteiger partial charge in [-0.05, 0) is 120 Å². The van der Waals surface area contributed by atoms with Gasteiger partial charge < -0.3 is 29.2 Å². The Morgan fingerprint density at radius 2 is 1.77 bits per heavy atom. The lowest BCUT2D eigenvalue weighted by molar-refractivity contribution is -0.136. The number of aromatic nitrogens is 3. The minimum absolute atomic E-state index is 0.0369. The van der Waals surface area contributed by atoms with E-state index in [1.54, 1.807) is 0 Å². The first-order valence-electron chi connectivity index (χ1n) is 19.4. The average molecular weight is 730 g/mol. The number of rotatable bonds is 8. The molecule has 4 fully saturated rings. The second kappa shape index (κ2) is 11.8. The molecule has 274 valence electrons. The number of imidazole rings is 1.